The Hall–Kier alpha value is -2.28. The molecule has 0 unspecified atom stereocenters. The standard InChI is InChI=1S/C20H28N4O3/c1-20(2,3)27-19(25)23-8-6-13(7-9-23)14-4-5-16-17(10-14)24(18(21)22-16)15-11-26-12-15/h4-5,10,13,15H,6-9,11-12H2,1-3H3,(H2,21,22). The number of nitrogens with two attached hydrogens (primary N) is 1. The topological polar surface area (TPSA) is 82.6 Å². The number of anilines is 1. The summed E-state index contributed by atoms with van der Waals surface area (Å²) in [5.74, 6) is 0.977. The molecule has 3 heterocycles. The molecule has 1 aromatic carbocycles. The van der Waals surface area contributed by atoms with Crippen molar-refractivity contribution in [2.24, 2.45) is 0 Å². The Balaban J connectivity index is 1.48. The third-order valence-corrected chi connectivity index (χ3v) is 5.34. The zero-order valence-electron chi connectivity index (χ0n) is 16.3. The second kappa shape index (κ2) is 6.71. The Bertz CT molecular complexity index is 843. The lowest BCUT2D eigenvalue weighted by Gasteiger charge is -2.33. The van der Waals surface area contributed by atoms with Gasteiger partial charge in [0.2, 0.25) is 5.95 Å². The highest BCUT2D eigenvalue weighted by Gasteiger charge is 2.29. The van der Waals surface area contributed by atoms with E-state index in [1.807, 2.05) is 25.7 Å². The van der Waals surface area contributed by atoms with E-state index in [9.17, 15) is 4.79 Å². The minimum atomic E-state index is -0.456. The quantitative estimate of drug-likeness (QED) is 0.874. The number of benzene rings is 1. The molecule has 4 rings (SSSR count). The lowest BCUT2D eigenvalue weighted by molar-refractivity contribution is -0.0206. The minimum absolute atomic E-state index is 0.216. The van der Waals surface area contributed by atoms with Crippen molar-refractivity contribution in [1.82, 2.24) is 14.5 Å². The van der Waals surface area contributed by atoms with Gasteiger partial charge in [-0.05, 0) is 57.2 Å². The van der Waals surface area contributed by atoms with Crippen LogP contribution in [0.25, 0.3) is 11.0 Å². The molecule has 146 valence electrons. The fraction of sp³-hybridized carbons (Fsp3) is 0.600. The van der Waals surface area contributed by atoms with Gasteiger partial charge >= 0.3 is 6.09 Å². The number of carbonyl (C=O) groups is 1. The number of ether oxygens (including phenoxy) is 2. The minimum Gasteiger partial charge on any atom is -0.444 e. The fourth-order valence-corrected chi connectivity index (χ4v) is 3.86. The highest BCUT2D eigenvalue weighted by Crippen LogP contribution is 2.33. The average molecular weight is 372 g/mol. The monoisotopic (exact) mass is 372 g/mol. The SMILES string of the molecule is CC(C)(C)OC(=O)N1CCC(c2ccc3nc(N)n(C4COC4)c3c2)CC1. The van der Waals surface area contributed by atoms with E-state index in [2.05, 4.69) is 27.8 Å². The molecule has 2 aliphatic heterocycles. The summed E-state index contributed by atoms with van der Waals surface area (Å²) >= 11 is 0. The molecule has 0 aliphatic carbocycles. The van der Waals surface area contributed by atoms with Crippen LogP contribution in [0.15, 0.2) is 18.2 Å². The van der Waals surface area contributed by atoms with Crippen molar-refractivity contribution < 1.29 is 14.3 Å². The molecule has 0 saturated carbocycles. The van der Waals surface area contributed by atoms with E-state index in [4.69, 9.17) is 15.2 Å². The molecule has 2 aliphatic rings. The number of nitrogen functional groups attached to an aromatic ring is 1. The maximum absolute atomic E-state index is 12.3. The van der Waals surface area contributed by atoms with E-state index >= 15 is 0 Å². The van der Waals surface area contributed by atoms with Crippen LogP contribution in [0.1, 0.15) is 51.1 Å². The molecule has 2 aromatic rings. The smallest absolute Gasteiger partial charge is 0.410 e. The number of rotatable bonds is 2. The number of hydrogen-bond acceptors (Lipinski definition) is 5. The molecule has 7 nitrogen and oxygen atoms in total. The molecular formula is C20H28N4O3. The maximum Gasteiger partial charge on any atom is 0.410 e. The molecule has 2 N–H and O–H groups in total. The second-order valence-electron chi connectivity index (χ2n) is 8.52. The summed E-state index contributed by atoms with van der Waals surface area (Å²) in [4.78, 5) is 18.6. The van der Waals surface area contributed by atoms with Crippen molar-refractivity contribution in [3.63, 3.8) is 0 Å². The van der Waals surface area contributed by atoms with Gasteiger partial charge < -0.3 is 24.7 Å². The number of aromatic nitrogens is 2. The van der Waals surface area contributed by atoms with E-state index in [-0.39, 0.29) is 12.1 Å². The van der Waals surface area contributed by atoms with Crippen LogP contribution >= 0.6 is 0 Å². The first kappa shape index (κ1) is 18.1. The molecule has 1 amide bonds. The Morgan fingerprint density at radius 1 is 1.26 bits per heavy atom. The van der Waals surface area contributed by atoms with Crippen molar-refractivity contribution in [1.29, 1.82) is 0 Å². The number of imidazole rings is 1. The largest absolute Gasteiger partial charge is 0.444 e. The lowest BCUT2D eigenvalue weighted by atomic mass is 9.89. The summed E-state index contributed by atoms with van der Waals surface area (Å²) in [7, 11) is 0. The van der Waals surface area contributed by atoms with Gasteiger partial charge in [-0.2, -0.15) is 0 Å². The van der Waals surface area contributed by atoms with Crippen molar-refractivity contribution in [2.45, 2.75) is 51.2 Å². The van der Waals surface area contributed by atoms with Crippen LogP contribution in [0.4, 0.5) is 10.7 Å². The van der Waals surface area contributed by atoms with Crippen LogP contribution in [0.3, 0.4) is 0 Å². The van der Waals surface area contributed by atoms with Crippen LogP contribution in [0.5, 0.6) is 0 Å². The zero-order valence-corrected chi connectivity index (χ0v) is 16.3. The second-order valence-corrected chi connectivity index (χ2v) is 8.52. The van der Waals surface area contributed by atoms with Gasteiger partial charge in [0, 0.05) is 13.1 Å². The maximum atomic E-state index is 12.3. The normalized spacial score (nSPS) is 19.3. The molecule has 0 spiro atoms. The van der Waals surface area contributed by atoms with Gasteiger partial charge in [0.05, 0.1) is 30.3 Å². The van der Waals surface area contributed by atoms with Gasteiger partial charge in [-0.15, -0.1) is 0 Å². The summed E-state index contributed by atoms with van der Waals surface area (Å²) in [6.07, 6.45) is 1.65. The molecule has 7 heteroatoms. The van der Waals surface area contributed by atoms with E-state index < -0.39 is 5.60 Å². The number of nitrogens with zero attached hydrogens (tertiary/aromatic N) is 3. The van der Waals surface area contributed by atoms with Gasteiger partial charge in [-0.3, -0.25) is 0 Å². The first-order valence-electron chi connectivity index (χ1n) is 9.65. The number of amides is 1. The summed E-state index contributed by atoms with van der Waals surface area (Å²) in [6, 6.07) is 6.69. The van der Waals surface area contributed by atoms with Crippen LogP contribution < -0.4 is 5.73 Å². The van der Waals surface area contributed by atoms with E-state index in [1.165, 1.54) is 5.56 Å². The Labute approximate surface area is 159 Å². The fourth-order valence-electron chi connectivity index (χ4n) is 3.86. The van der Waals surface area contributed by atoms with Crippen LogP contribution in [0.2, 0.25) is 0 Å². The number of carbonyl (C=O) groups excluding carboxylic acids is 1. The number of hydrogen-bond donors (Lipinski definition) is 1. The molecule has 0 radical (unpaired) electrons. The molecule has 2 saturated heterocycles. The van der Waals surface area contributed by atoms with Gasteiger partial charge in [0.1, 0.15) is 5.60 Å². The van der Waals surface area contributed by atoms with Crippen molar-refractivity contribution in [2.75, 3.05) is 32.0 Å². The lowest BCUT2D eigenvalue weighted by Crippen LogP contribution is -2.41. The number of fused-ring (bicyclic) bond motifs is 1. The zero-order chi connectivity index (χ0) is 19.2. The average Bonchev–Trinajstić information content (AvgIpc) is 2.88. The number of piperidine rings is 1. The van der Waals surface area contributed by atoms with Crippen LogP contribution in [-0.4, -0.2) is 52.4 Å². The predicted molar refractivity (Wildman–Crippen MR) is 104 cm³/mol. The highest BCUT2D eigenvalue weighted by atomic mass is 16.6. The van der Waals surface area contributed by atoms with E-state index in [0.29, 0.717) is 25.1 Å². The van der Waals surface area contributed by atoms with Gasteiger partial charge in [0.25, 0.3) is 0 Å². The number of likely N-dealkylation sites (tertiary alicyclic amines) is 1. The molecule has 2 fully saturated rings. The Morgan fingerprint density at radius 3 is 2.56 bits per heavy atom. The third kappa shape index (κ3) is 3.60. The first-order chi connectivity index (χ1) is 12.8. The van der Waals surface area contributed by atoms with Crippen molar-refractivity contribution in [3.8, 4) is 0 Å². The molecular weight excluding hydrogens is 344 g/mol. The Kier molecular flexibility index (Phi) is 4.50. The van der Waals surface area contributed by atoms with E-state index in [1.54, 1.807) is 0 Å². The summed E-state index contributed by atoms with van der Waals surface area (Å²) in [5.41, 5.74) is 8.96. The highest BCUT2D eigenvalue weighted by molar-refractivity contribution is 5.79. The molecule has 27 heavy (non-hydrogen) atoms. The van der Waals surface area contributed by atoms with Crippen LogP contribution in [0, 0.1) is 0 Å². The van der Waals surface area contributed by atoms with Gasteiger partial charge in [-0.1, -0.05) is 6.07 Å². The summed E-state index contributed by atoms with van der Waals surface area (Å²) in [5, 5.41) is 0. The molecule has 0 bridgehead atoms. The van der Waals surface area contributed by atoms with Crippen molar-refractivity contribution in [3.05, 3.63) is 23.8 Å². The molecule has 1 aromatic heterocycles. The summed E-state index contributed by atoms with van der Waals surface area (Å²) < 4.78 is 12.9. The van der Waals surface area contributed by atoms with Gasteiger partial charge in [0.15, 0.2) is 0 Å². The predicted octanol–water partition coefficient (Wildman–Crippen LogP) is 3.30. The first-order valence-corrected chi connectivity index (χ1v) is 9.65. The molecule has 0 atom stereocenters. The van der Waals surface area contributed by atoms with Crippen LogP contribution in [-0.2, 0) is 9.47 Å². The summed E-state index contributed by atoms with van der Waals surface area (Å²) in [6.45, 7) is 8.51. The third-order valence-electron chi connectivity index (χ3n) is 5.34. The Morgan fingerprint density at radius 2 is 1.96 bits per heavy atom. The van der Waals surface area contributed by atoms with Crippen molar-refractivity contribution >= 4 is 23.1 Å². The van der Waals surface area contributed by atoms with Gasteiger partial charge in [-0.25, -0.2) is 9.78 Å². The van der Waals surface area contributed by atoms with E-state index in [0.717, 1.165) is 37.0 Å².